The van der Waals surface area contributed by atoms with Crippen LogP contribution in [-0.4, -0.2) is 66.5 Å². The molecule has 1 atom stereocenters. The van der Waals surface area contributed by atoms with Crippen molar-refractivity contribution in [3.05, 3.63) is 0 Å². The minimum absolute atomic E-state index is 0.0713. The second-order valence-electron chi connectivity index (χ2n) is 2.93. The van der Waals surface area contributed by atoms with E-state index in [1.54, 1.807) is 0 Å². The summed E-state index contributed by atoms with van der Waals surface area (Å²) in [5.41, 5.74) is 0. The fourth-order valence-corrected chi connectivity index (χ4v) is 2.85. The summed E-state index contributed by atoms with van der Waals surface area (Å²) >= 11 is 0. The van der Waals surface area contributed by atoms with Gasteiger partial charge in [0, 0.05) is 21.3 Å². The van der Waals surface area contributed by atoms with Crippen LogP contribution in [0.1, 0.15) is 6.92 Å². The van der Waals surface area contributed by atoms with Crippen LogP contribution in [0, 0.1) is 0 Å². The molecule has 16 heavy (non-hydrogen) atoms. The van der Waals surface area contributed by atoms with Crippen LogP contribution in [0.3, 0.4) is 0 Å². The van der Waals surface area contributed by atoms with Crippen molar-refractivity contribution in [1.29, 1.82) is 0 Å². The number of hydrogen-bond donors (Lipinski definition) is 3. The van der Waals surface area contributed by atoms with Gasteiger partial charge in [0.25, 0.3) is 0 Å². The van der Waals surface area contributed by atoms with E-state index in [2.05, 4.69) is 4.43 Å². The van der Waals surface area contributed by atoms with Crippen LogP contribution in [0.5, 0.6) is 0 Å². The van der Waals surface area contributed by atoms with Crippen molar-refractivity contribution >= 4 is 18.1 Å². The molecule has 0 fully saturated rings. The third-order valence-corrected chi connectivity index (χ3v) is 4.34. The summed E-state index contributed by atoms with van der Waals surface area (Å²) in [6, 6.07) is 0. The Morgan fingerprint density at radius 3 is 1.75 bits per heavy atom. The Hall–Kier alpha value is 0.114. The van der Waals surface area contributed by atoms with Crippen LogP contribution in [-0.2, 0) is 22.1 Å². The monoisotopic (exact) mass is 274 g/mol. The van der Waals surface area contributed by atoms with Gasteiger partial charge in [0.2, 0.25) is 0 Å². The highest BCUT2D eigenvalue weighted by Gasteiger charge is 2.43. The highest BCUT2D eigenvalue weighted by atomic mass is 28.4. The lowest BCUT2D eigenvalue weighted by molar-refractivity contribution is -0.0365. The molecule has 0 heterocycles. The van der Waals surface area contributed by atoms with Gasteiger partial charge < -0.3 is 36.5 Å². The summed E-state index contributed by atoms with van der Waals surface area (Å²) in [5, 5.41) is 0. The van der Waals surface area contributed by atoms with E-state index in [0.717, 1.165) is 0 Å². The number of hydrogen-bond acceptors (Lipinski definition) is 8. The van der Waals surface area contributed by atoms with E-state index in [-0.39, 0.29) is 6.61 Å². The molecule has 0 aliphatic rings. The lowest BCUT2D eigenvalue weighted by atomic mass is 10.5. The lowest BCUT2D eigenvalue weighted by Crippen LogP contribution is -2.49. The molecule has 0 aromatic rings. The van der Waals surface area contributed by atoms with Gasteiger partial charge in [0.05, 0.1) is 12.7 Å². The van der Waals surface area contributed by atoms with E-state index in [1.807, 2.05) is 0 Å². The highest BCUT2D eigenvalue weighted by Crippen LogP contribution is 2.09. The van der Waals surface area contributed by atoms with E-state index < -0.39 is 24.2 Å². The van der Waals surface area contributed by atoms with Crippen LogP contribution < -0.4 is 0 Å². The second-order valence-corrected chi connectivity index (χ2v) is 6.82. The third-order valence-electron chi connectivity index (χ3n) is 1.60. The molecule has 8 nitrogen and oxygen atoms in total. The fraction of sp³-hybridized carbons (Fsp3) is 1.00. The standard InChI is InChI=1S/C6H18O8Si2/c1-6(14-15(7,8)9)5-13-16(10-2,11-3)12-4/h6-9H,5H2,1-4H3. The first kappa shape index (κ1) is 16.1. The molecule has 0 rings (SSSR count). The predicted molar refractivity (Wildman–Crippen MR) is 55.7 cm³/mol. The van der Waals surface area contributed by atoms with Crippen molar-refractivity contribution in [2.75, 3.05) is 27.9 Å². The molecule has 0 bridgehead atoms. The SMILES string of the molecule is CO[Si](OC)(OC)OCC(C)O[Si](O)(O)O. The Bertz CT molecular complexity index is 183. The highest BCUT2D eigenvalue weighted by molar-refractivity contribution is 6.53. The molecule has 0 spiro atoms. The first-order valence-electron chi connectivity index (χ1n) is 4.43. The van der Waals surface area contributed by atoms with E-state index in [0.29, 0.717) is 0 Å². The average Bonchev–Trinajstić information content (AvgIpc) is 2.18. The topological polar surface area (TPSA) is 107 Å². The molecule has 0 aliphatic carbocycles. The number of rotatable bonds is 8. The average molecular weight is 274 g/mol. The molecule has 0 aliphatic heterocycles. The summed E-state index contributed by atoms with van der Waals surface area (Å²) in [5.74, 6) is 0. The van der Waals surface area contributed by atoms with E-state index >= 15 is 0 Å². The van der Waals surface area contributed by atoms with Crippen molar-refractivity contribution in [3.8, 4) is 0 Å². The molecular weight excluding hydrogens is 256 g/mol. The molecule has 0 aromatic carbocycles. The van der Waals surface area contributed by atoms with Crippen molar-refractivity contribution in [1.82, 2.24) is 0 Å². The van der Waals surface area contributed by atoms with Gasteiger partial charge in [-0.25, -0.2) is 0 Å². The van der Waals surface area contributed by atoms with Crippen molar-refractivity contribution in [2.24, 2.45) is 0 Å². The summed E-state index contributed by atoms with van der Waals surface area (Å²) in [6.07, 6.45) is -0.737. The minimum atomic E-state index is -4.53. The van der Waals surface area contributed by atoms with Gasteiger partial charge in [-0.05, 0) is 6.92 Å². The molecule has 10 heteroatoms. The summed E-state index contributed by atoms with van der Waals surface area (Å²) in [4.78, 5) is 26.0. The van der Waals surface area contributed by atoms with Crippen LogP contribution in [0.4, 0.5) is 0 Å². The molecule has 0 saturated carbocycles. The van der Waals surface area contributed by atoms with Gasteiger partial charge in [-0.3, -0.25) is 0 Å². The minimum Gasteiger partial charge on any atom is -0.368 e. The van der Waals surface area contributed by atoms with E-state index in [4.69, 9.17) is 32.1 Å². The van der Waals surface area contributed by atoms with Crippen molar-refractivity contribution in [3.63, 3.8) is 0 Å². The predicted octanol–water partition coefficient (Wildman–Crippen LogP) is -1.80. The maximum absolute atomic E-state index is 8.68. The van der Waals surface area contributed by atoms with Gasteiger partial charge in [0.15, 0.2) is 0 Å². The molecule has 3 N–H and O–H groups in total. The third kappa shape index (κ3) is 6.00. The van der Waals surface area contributed by atoms with Crippen LogP contribution in [0.2, 0.25) is 0 Å². The molecule has 0 amide bonds. The Labute approximate surface area is 96.3 Å². The Morgan fingerprint density at radius 2 is 1.44 bits per heavy atom. The zero-order chi connectivity index (χ0) is 12.8. The summed E-state index contributed by atoms with van der Waals surface area (Å²) in [6.45, 7) is 1.42. The quantitative estimate of drug-likeness (QED) is 0.445. The van der Waals surface area contributed by atoms with Gasteiger partial charge in [-0.1, -0.05) is 0 Å². The van der Waals surface area contributed by atoms with Crippen LogP contribution in [0.15, 0.2) is 0 Å². The smallest absolute Gasteiger partial charge is 0.368 e. The molecule has 1 unspecified atom stereocenters. The van der Waals surface area contributed by atoms with Gasteiger partial charge in [-0.15, -0.1) is 0 Å². The van der Waals surface area contributed by atoms with Crippen molar-refractivity contribution in [2.45, 2.75) is 13.0 Å². The summed E-state index contributed by atoms with van der Waals surface area (Å²) < 4.78 is 24.6. The van der Waals surface area contributed by atoms with E-state index in [1.165, 1.54) is 28.3 Å². The maximum Gasteiger partial charge on any atom is 0.678 e. The second kappa shape index (κ2) is 6.75. The lowest BCUT2D eigenvalue weighted by Gasteiger charge is -2.25. The first-order chi connectivity index (χ1) is 7.28. The largest absolute Gasteiger partial charge is 0.678 e. The van der Waals surface area contributed by atoms with Gasteiger partial charge >= 0.3 is 18.1 Å². The molecular formula is C6H18O8Si2. The Morgan fingerprint density at radius 1 is 1.00 bits per heavy atom. The molecule has 0 saturated heterocycles. The molecule has 98 valence electrons. The Balaban J connectivity index is 4.11. The van der Waals surface area contributed by atoms with Crippen LogP contribution >= 0.6 is 0 Å². The van der Waals surface area contributed by atoms with Crippen molar-refractivity contribution < 1.29 is 36.5 Å². The van der Waals surface area contributed by atoms with Gasteiger partial charge in [0.1, 0.15) is 0 Å². The summed E-state index contributed by atoms with van der Waals surface area (Å²) in [7, 11) is -3.59. The zero-order valence-electron chi connectivity index (χ0n) is 9.67. The molecule has 0 aromatic heterocycles. The van der Waals surface area contributed by atoms with Crippen LogP contribution in [0.25, 0.3) is 0 Å². The molecule has 0 radical (unpaired) electrons. The fourth-order valence-electron chi connectivity index (χ4n) is 0.950. The normalized spacial score (nSPS) is 15.2. The zero-order valence-corrected chi connectivity index (χ0v) is 11.7. The Kier molecular flexibility index (Phi) is 6.80. The van der Waals surface area contributed by atoms with E-state index in [9.17, 15) is 0 Å². The first-order valence-corrected chi connectivity index (χ1v) is 7.81. The maximum atomic E-state index is 8.68. The van der Waals surface area contributed by atoms with Gasteiger partial charge in [-0.2, -0.15) is 0 Å².